The maximum absolute atomic E-state index is 11.0. The molecule has 0 amide bonds. The third-order valence-corrected chi connectivity index (χ3v) is 6.22. The van der Waals surface area contributed by atoms with Crippen LogP contribution >= 0.6 is 0 Å². The third-order valence-electron chi connectivity index (χ3n) is 6.22. The van der Waals surface area contributed by atoms with Gasteiger partial charge < -0.3 is 10.2 Å². The molecule has 3 fully saturated rings. The highest BCUT2D eigenvalue weighted by atomic mass is 16.4. The van der Waals surface area contributed by atoms with Gasteiger partial charge in [-0.25, -0.2) is 0 Å². The monoisotopic (exact) mass is 253 g/mol. The first-order valence-electron chi connectivity index (χ1n) is 6.52. The Kier molecular flexibility index (Phi) is 2.17. The minimum atomic E-state index is -0.937. The van der Waals surface area contributed by atoms with Crippen molar-refractivity contribution in [3.63, 3.8) is 0 Å². The maximum Gasteiger partial charge on any atom is 0.317 e. The van der Waals surface area contributed by atoms with Crippen LogP contribution in [0.15, 0.2) is 0 Å². The molecule has 3 saturated carbocycles. The zero-order valence-electron chi connectivity index (χ0n) is 10.7. The van der Waals surface area contributed by atoms with E-state index in [9.17, 15) is 9.59 Å². The summed E-state index contributed by atoms with van der Waals surface area (Å²) in [5.74, 6) is -0.100. The van der Waals surface area contributed by atoms with Crippen LogP contribution in [0.1, 0.15) is 26.7 Å². The fraction of sp³-hybridized carbons (Fsp3) is 0.846. The van der Waals surface area contributed by atoms with E-state index in [0.717, 1.165) is 6.42 Å². The number of aliphatic carboxylic acids is 2. The topological polar surface area (TPSA) is 77.8 Å². The predicted molar refractivity (Wildman–Crippen MR) is 63.1 cm³/mol. The van der Waals surface area contributed by atoms with Crippen molar-refractivity contribution < 1.29 is 19.8 Å². The lowest BCUT2D eigenvalue weighted by atomic mass is 9.20. The number of carbonyl (C=O) groups is 2. The standard InChI is InChI=1S/C13H19NO4/c1-7-9-3-8-4-13(7,12(8,9)2)14(5-10(15)16)6-11(17)18/h7-9H,3-6H2,1-2H3,(H,15,16)(H,17,18)/t7?,8?,9?,12?,13-/m0/s1. The summed E-state index contributed by atoms with van der Waals surface area (Å²) < 4.78 is 0. The van der Waals surface area contributed by atoms with E-state index in [2.05, 4.69) is 13.8 Å². The summed E-state index contributed by atoms with van der Waals surface area (Å²) in [4.78, 5) is 23.7. The van der Waals surface area contributed by atoms with Gasteiger partial charge in [0.15, 0.2) is 0 Å². The molecule has 3 aliphatic rings. The van der Waals surface area contributed by atoms with Gasteiger partial charge in [-0.05, 0) is 36.0 Å². The van der Waals surface area contributed by atoms with Crippen LogP contribution in [0, 0.1) is 23.2 Å². The Morgan fingerprint density at radius 2 is 1.83 bits per heavy atom. The molecular weight excluding hydrogens is 234 g/mol. The Morgan fingerprint density at radius 1 is 1.28 bits per heavy atom. The molecule has 5 nitrogen and oxygen atoms in total. The fourth-order valence-corrected chi connectivity index (χ4v) is 5.43. The molecule has 0 aromatic heterocycles. The van der Waals surface area contributed by atoms with Gasteiger partial charge >= 0.3 is 11.9 Å². The van der Waals surface area contributed by atoms with Gasteiger partial charge in [0, 0.05) is 5.54 Å². The molecule has 2 N–H and O–H groups in total. The zero-order chi connectivity index (χ0) is 13.3. The Morgan fingerprint density at radius 3 is 2.17 bits per heavy atom. The van der Waals surface area contributed by atoms with Gasteiger partial charge in [-0.3, -0.25) is 14.5 Å². The highest BCUT2D eigenvalue weighted by Crippen LogP contribution is 2.84. The molecule has 18 heavy (non-hydrogen) atoms. The first-order valence-corrected chi connectivity index (χ1v) is 6.52. The van der Waals surface area contributed by atoms with E-state index in [4.69, 9.17) is 10.2 Å². The quantitative estimate of drug-likeness (QED) is 0.761. The van der Waals surface area contributed by atoms with Gasteiger partial charge in [0.2, 0.25) is 0 Å². The molecule has 0 saturated heterocycles. The zero-order valence-corrected chi connectivity index (χ0v) is 10.7. The smallest absolute Gasteiger partial charge is 0.317 e. The lowest BCUT2D eigenvalue weighted by Gasteiger charge is -2.88. The Balaban J connectivity index is 1.86. The Bertz CT molecular complexity index is 421. The molecule has 0 aliphatic heterocycles. The van der Waals surface area contributed by atoms with E-state index in [0.29, 0.717) is 17.8 Å². The molecule has 5 atom stereocenters. The van der Waals surface area contributed by atoms with E-state index < -0.39 is 11.9 Å². The molecular formula is C13H19NO4. The fourth-order valence-electron chi connectivity index (χ4n) is 5.43. The second kappa shape index (κ2) is 3.26. The average Bonchev–Trinajstić information content (AvgIpc) is 2.27. The van der Waals surface area contributed by atoms with Crippen molar-refractivity contribution in [3.05, 3.63) is 0 Å². The summed E-state index contributed by atoms with van der Waals surface area (Å²) >= 11 is 0. The number of hydrogen-bond donors (Lipinski definition) is 2. The second-order valence-electron chi connectivity index (χ2n) is 6.38. The first kappa shape index (κ1) is 12.0. The van der Waals surface area contributed by atoms with Crippen LogP contribution < -0.4 is 0 Å². The van der Waals surface area contributed by atoms with Crippen LogP contribution in [0.4, 0.5) is 0 Å². The largest absolute Gasteiger partial charge is 0.480 e. The molecule has 0 spiro atoms. The molecule has 0 aromatic carbocycles. The van der Waals surface area contributed by atoms with E-state index >= 15 is 0 Å². The Hall–Kier alpha value is -1.10. The highest BCUT2D eigenvalue weighted by Gasteiger charge is 2.84. The van der Waals surface area contributed by atoms with Crippen LogP contribution in [-0.4, -0.2) is 45.7 Å². The van der Waals surface area contributed by atoms with Crippen molar-refractivity contribution >= 4 is 11.9 Å². The van der Waals surface area contributed by atoms with Crippen LogP contribution in [0.2, 0.25) is 0 Å². The van der Waals surface area contributed by atoms with Crippen molar-refractivity contribution in [3.8, 4) is 0 Å². The third kappa shape index (κ3) is 1.03. The highest BCUT2D eigenvalue weighted by molar-refractivity contribution is 5.73. The molecule has 4 unspecified atom stereocenters. The average molecular weight is 253 g/mol. The number of carboxylic acid groups (broad SMARTS) is 2. The van der Waals surface area contributed by atoms with Crippen LogP contribution in [0.25, 0.3) is 0 Å². The summed E-state index contributed by atoms with van der Waals surface area (Å²) in [6.07, 6.45) is 2.22. The second-order valence-corrected chi connectivity index (χ2v) is 6.38. The summed E-state index contributed by atoms with van der Waals surface area (Å²) in [5, 5.41) is 18.0. The van der Waals surface area contributed by atoms with Gasteiger partial charge in [0.25, 0.3) is 0 Å². The molecule has 0 radical (unpaired) electrons. The summed E-state index contributed by atoms with van der Waals surface area (Å²) in [6, 6.07) is 0. The van der Waals surface area contributed by atoms with Gasteiger partial charge in [-0.2, -0.15) is 0 Å². The first-order chi connectivity index (χ1) is 8.34. The molecule has 3 aliphatic carbocycles. The van der Waals surface area contributed by atoms with Gasteiger partial charge in [0.1, 0.15) is 0 Å². The number of carboxylic acids is 2. The van der Waals surface area contributed by atoms with E-state index in [-0.39, 0.29) is 24.0 Å². The van der Waals surface area contributed by atoms with Gasteiger partial charge in [-0.15, -0.1) is 0 Å². The molecule has 0 heterocycles. The summed E-state index contributed by atoms with van der Waals surface area (Å²) in [7, 11) is 0. The Labute approximate surface area is 106 Å². The van der Waals surface area contributed by atoms with Gasteiger partial charge in [-0.1, -0.05) is 13.8 Å². The lowest BCUT2D eigenvalue weighted by molar-refractivity contribution is -0.382. The lowest BCUT2D eigenvalue weighted by Crippen LogP contribution is -2.90. The van der Waals surface area contributed by atoms with Crippen molar-refractivity contribution in [1.29, 1.82) is 0 Å². The van der Waals surface area contributed by atoms with Crippen molar-refractivity contribution in [2.45, 2.75) is 32.2 Å². The SMILES string of the molecule is CC1C2CC3C[C@@]1(N(CC(=O)O)CC(=O)O)C32C. The molecule has 0 bridgehead atoms. The minimum absolute atomic E-state index is 0.161. The van der Waals surface area contributed by atoms with Crippen LogP contribution in [0.3, 0.4) is 0 Å². The van der Waals surface area contributed by atoms with E-state index in [1.54, 1.807) is 4.90 Å². The summed E-state index contributed by atoms with van der Waals surface area (Å²) in [5.41, 5.74) is 0.00861. The normalized spacial score (nSPS) is 47.6. The number of rotatable bonds is 5. The number of hydrogen-bond acceptors (Lipinski definition) is 3. The van der Waals surface area contributed by atoms with Crippen molar-refractivity contribution in [2.24, 2.45) is 23.2 Å². The molecule has 0 aromatic rings. The van der Waals surface area contributed by atoms with Crippen LogP contribution in [-0.2, 0) is 9.59 Å². The van der Waals surface area contributed by atoms with Gasteiger partial charge in [0.05, 0.1) is 13.1 Å². The summed E-state index contributed by atoms with van der Waals surface area (Å²) in [6.45, 7) is 4.04. The van der Waals surface area contributed by atoms with Crippen molar-refractivity contribution in [1.82, 2.24) is 4.90 Å². The number of nitrogens with zero attached hydrogens (tertiary/aromatic N) is 1. The molecule has 100 valence electrons. The van der Waals surface area contributed by atoms with E-state index in [1.165, 1.54) is 6.42 Å². The van der Waals surface area contributed by atoms with Crippen LogP contribution in [0.5, 0.6) is 0 Å². The van der Waals surface area contributed by atoms with Crippen molar-refractivity contribution in [2.75, 3.05) is 13.1 Å². The maximum atomic E-state index is 11.0. The molecule has 3 rings (SSSR count). The minimum Gasteiger partial charge on any atom is -0.480 e. The molecule has 5 heteroatoms. The predicted octanol–water partition coefficient (Wildman–Crippen LogP) is 0.892. The van der Waals surface area contributed by atoms with E-state index in [1.807, 2.05) is 0 Å².